The molecule has 0 aliphatic carbocycles. The summed E-state index contributed by atoms with van der Waals surface area (Å²) in [6.45, 7) is -0.0162. The van der Waals surface area contributed by atoms with Crippen molar-refractivity contribution in [1.29, 1.82) is 0 Å². The van der Waals surface area contributed by atoms with E-state index in [1.165, 1.54) is 30.1 Å². The fourth-order valence-electron chi connectivity index (χ4n) is 2.01. The third kappa shape index (κ3) is 4.87. The molecule has 0 spiro atoms. The third-order valence-electron chi connectivity index (χ3n) is 3.21. The SMILES string of the molecule is O=C1CSC(=NN=Cc2cccc(OCc3ccc(F)cc3F)c2)N1. The quantitative estimate of drug-likeness (QED) is 0.658. The van der Waals surface area contributed by atoms with Crippen LogP contribution < -0.4 is 10.1 Å². The number of rotatable bonds is 5. The maximum Gasteiger partial charge on any atom is 0.236 e. The van der Waals surface area contributed by atoms with Crippen LogP contribution in [-0.2, 0) is 11.4 Å². The molecule has 0 radical (unpaired) electrons. The molecule has 0 saturated carbocycles. The van der Waals surface area contributed by atoms with Crippen molar-refractivity contribution in [3.8, 4) is 5.75 Å². The highest BCUT2D eigenvalue weighted by Gasteiger charge is 2.15. The molecule has 1 aliphatic rings. The van der Waals surface area contributed by atoms with Gasteiger partial charge in [-0.3, -0.25) is 4.79 Å². The van der Waals surface area contributed by atoms with Crippen molar-refractivity contribution in [3.05, 3.63) is 65.2 Å². The second-order valence-corrected chi connectivity index (χ2v) is 6.05. The van der Waals surface area contributed by atoms with Crippen LogP contribution >= 0.6 is 11.8 Å². The Bertz CT molecular complexity index is 856. The number of nitrogens with zero attached hydrogens (tertiary/aromatic N) is 2. The van der Waals surface area contributed by atoms with Crippen LogP contribution in [0.1, 0.15) is 11.1 Å². The second kappa shape index (κ2) is 7.89. The third-order valence-corrected chi connectivity index (χ3v) is 4.07. The Morgan fingerprint density at radius 3 is 2.88 bits per heavy atom. The van der Waals surface area contributed by atoms with Crippen LogP contribution in [0.4, 0.5) is 8.78 Å². The minimum Gasteiger partial charge on any atom is -0.489 e. The number of nitrogens with one attached hydrogen (secondary N) is 1. The molecule has 8 heteroatoms. The summed E-state index contributed by atoms with van der Waals surface area (Å²) in [7, 11) is 0. The fourth-order valence-corrected chi connectivity index (χ4v) is 2.64. The smallest absolute Gasteiger partial charge is 0.236 e. The maximum absolute atomic E-state index is 13.6. The second-order valence-electron chi connectivity index (χ2n) is 5.08. The number of amidine groups is 1. The molecule has 2 aromatic carbocycles. The molecule has 3 rings (SSSR count). The molecular formula is C17H13F2N3O2S. The highest BCUT2D eigenvalue weighted by atomic mass is 32.2. The summed E-state index contributed by atoms with van der Waals surface area (Å²) in [4.78, 5) is 11.0. The summed E-state index contributed by atoms with van der Waals surface area (Å²) in [5.41, 5.74) is 0.997. The first-order valence-corrected chi connectivity index (χ1v) is 8.29. The van der Waals surface area contributed by atoms with E-state index in [9.17, 15) is 13.6 Å². The Morgan fingerprint density at radius 1 is 1.24 bits per heavy atom. The van der Waals surface area contributed by atoms with Crippen molar-refractivity contribution in [2.45, 2.75) is 6.61 Å². The molecule has 1 amide bonds. The molecule has 0 aromatic heterocycles. The van der Waals surface area contributed by atoms with Crippen LogP contribution in [0.5, 0.6) is 5.75 Å². The molecule has 1 N–H and O–H groups in total. The van der Waals surface area contributed by atoms with E-state index in [1.807, 2.05) is 0 Å². The van der Waals surface area contributed by atoms with Gasteiger partial charge in [0.1, 0.15) is 24.0 Å². The monoisotopic (exact) mass is 361 g/mol. The topological polar surface area (TPSA) is 63.0 Å². The van der Waals surface area contributed by atoms with Gasteiger partial charge in [0.25, 0.3) is 0 Å². The van der Waals surface area contributed by atoms with Gasteiger partial charge in [0.05, 0.1) is 12.0 Å². The van der Waals surface area contributed by atoms with Gasteiger partial charge in [0, 0.05) is 11.6 Å². The van der Waals surface area contributed by atoms with E-state index in [0.717, 1.165) is 11.6 Å². The van der Waals surface area contributed by atoms with Crippen LogP contribution in [0.15, 0.2) is 52.7 Å². The van der Waals surface area contributed by atoms with Gasteiger partial charge in [-0.05, 0) is 29.8 Å². The molecule has 1 heterocycles. The van der Waals surface area contributed by atoms with Crippen molar-refractivity contribution >= 4 is 29.1 Å². The van der Waals surface area contributed by atoms with Gasteiger partial charge < -0.3 is 10.1 Å². The van der Waals surface area contributed by atoms with Crippen molar-refractivity contribution in [2.24, 2.45) is 10.2 Å². The number of benzene rings is 2. The molecule has 1 fully saturated rings. The number of carbonyl (C=O) groups excluding carboxylic acids is 1. The van der Waals surface area contributed by atoms with E-state index in [2.05, 4.69) is 15.5 Å². The maximum atomic E-state index is 13.6. The molecule has 128 valence electrons. The molecular weight excluding hydrogens is 348 g/mol. The zero-order valence-electron chi connectivity index (χ0n) is 12.9. The lowest BCUT2D eigenvalue weighted by Crippen LogP contribution is -2.19. The largest absolute Gasteiger partial charge is 0.489 e. The van der Waals surface area contributed by atoms with Crippen LogP contribution in [0.3, 0.4) is 0 Å². The lowest BCUT2D eigenvalue weighted by molar-refractivity contribution is -0.116. The Morgan fingerprint density at radius 2 is 2.12 bits per heavy atom. The predicted molar refractivity (Wildman–Crippen MR) is 92.8 cm³/mol. The first kappa shape index (κ1) is 17.1. The number of hydrogen-bond donors (Lipinski definition) is 1. The summed E-state index contributed by atoms with van der Waals surface area (Å²) in [5.74, 6) is -0.508. The number of carbonyl (C=O) groups is 1. The van der Waals surface area contributed by atoms with Gasteiger partial charge in [-0.1, -0.05) is 23.9 Å². The zero-order valence-corrected chi connectivity index (χ0v) is 13.7. The predicted octanol–water partition coefficient (Wildman–Crippen LogP) is 3.10. The summed E-state index contributed by atoms with van der Waals surface area (Å²) in [6, 6.07) is 10.3. The average molecular weight is 361 g/mol. The zero-order chi connectivity index (χ0) is 17.6. The van der Waals surface area contributed by atoms with E-state index < -0.39 is 11.6 Å². The van der Waals surface area contributed by atoms with Crippen LogP contribution in [0.25, 0.3) is 0 Å². The lowest BCUT2D eigenvalue weighted by Gasteiger charge is -2.07. The summed E-state index contributed by atoms with van der Waals surface area (Å²) in [6.07, 6.45) is 1.52. The first-order valence-electron chi connectivity index (χ1n) is 7.30. The molecule has 1 saturated heterocycles. The normalized spacial score (nSPS) is 15.8. The van der Waals surface area contributed by atoms with Crippen LogP contribution in [-0.4, -0.2) is 23.0 Å². The number of ether oxygens (including phenoxy) is 1. The number of amides is 1. The van der Waals surface area contributed by atoms with Crippen LogP contribution in [0, 0.1) is 11.6 Å². The van der Waals surface area contributed by atoms with E-state index in [0.29, 0.717) is 16.7 Å². The number of hydrogen-bond acceptors (Lipinski definition) is 5. The van der Waals surface area contributed by atoms with Crippen molar-refractivity contribution in [2.75, 3.05) is 5.75 Å². The highest BCUT2D eigenvalue weighted by molar-refractivity contribution is 8.15. The number of thioether (sulfide) groups is 1. The highest BCUT2D eigenvalue weighted by Crippen LogP contribution is 2.16. The van der Waals surface area contributed by atoms with Crippen molar-refractivity contribution in [3.63, 3.8) is 0 Å². The van der Waals surface area contributed by atoms with Crippen molar-refractivity contribution in [1.82, 2.24) is 5.32 Å². The molecule has 2 aromatic rings. The summed E-state index contributed by atoms with van der Waals surface area (Å²) in [5, 5.41) is 10.8. The Hall–Kier alpha value is -2.74. The van der Waals surface area contributed by atoms with E-state index >= 15 is 0 Å². The molecule has 0 unspecified atom stereocenters. The minimum atomic E-state index is -0.648. The Labute approximate surface area is 146 Å². The molecule has 0 bridgehead atoms. The van der Waals surface area contributed by atoms with Gasteiger partial charge >= 0.3 is 0 Å². The first-order chi connectivity index (χ1) is 12.1. The van der Waals surface area contributed by atoms with Crippen LogP contribution in [0.2, 0.25) is 0 Å². The van der Waals surface area contributed by atoms with Gasteiger partial charge in [-0.2, -0.15) is 5.10 Å². The molecule has 5 nitrogen and oxygen atoms in total. The Balaban J connectivity index is 1.62. The van der Waals surface area contributed by atoms with Gasteiger partial charge in [-0.15, -0.1) is 5.10 Å². The molecule has 1 aliphatic heterocycles. The van der Waals surface area contributed by atoms with Gasteiger partial charge in [0.2, 0.25) is 5.91 Å². The molecule has 25 heavy (non-hydrogen) atoms. The number of halogens is 2. The average Bonchev–Trinajstić information content (AvgIpc) is 3.00. The van der Waals surface area contributed by atoms with Crippen molar-refractivity contribution < 1.29 is 18.3 Å². The van der Waals surface area contributed by atoms with Gasteiger partial charge in [-0.25, -0.2) is 8.78 Å². The standard InChI is InChI=1S/C17H13F2N3O2S/c18-13-5-4-12(15(19)7-13)9-24-14-3-1-2-11(6-14)8-20-22-17-21-16(23)10-25-17/h1-8H,9-10H2,(H,21,22,23). The van der Waals surface area contributed by atoms with E-state index in [-0.39, 0.29) is 18.1 Å². The lowest BCUT2D eigenvalue weighted by atomic mass is 10.2. The Kier molecular flexibility index (Phi) is 5.39. The van der Waals surface area contributed by atoms with Gasteiger partial charge in [0.15, 0.2) is 5.17 Å². The van der Waals surface area contributed by atoms with E-state index in [1.54, 1.807) is 24.3 Å². The minimum absolute atomic E-state index is 0.0162. The summed E-state index contributed by atoms with van der Waals surface area (Å²) >= 11 is 1.29. The van der Waals surface area contributed by atoms with E-state index in [4.69, 9.17) is 4.74 Å². The molecule has 0 atom stereocenters. The summed E-state index contributed by atoms with van der Waals surface area (Å²) < 4.78 is 32.0. The fraction of sp³-hybridized carbons (Fsp3) is 0.118.